The van der Waals surface area contributed by atoms with Crippen molar-refractivity contribution in [1.82, 2.24) is 10.4 Å². The summed E-state index contributed by atoms with van der Waals surface area (Å²) in [6, 6.07) is 8.24. The third-order valence-corrected chi connectivity index (χ3v) is 4.56. The van der Waals surface area contributed by atoms with E-state index in [4.69, 9.17) is 10.6 Å². The molecule has 3 N–H and O–H groups in total. The zero-order chi connectivity index (χ0) is 14.0. The molecule has 1 atom stereocenters. The van der Waals surface area contributed by atoms with Crippen molar-refractivity contribution >= 4 is 10.8 Å². The van der Waals surface area contributed by atoms with Crippen LogP contribution < -0.4 is 11.3 Å². The van der Waals surface area contributed by atoms with E-state index in [0.717, 1.165) is 23.8 Å². The number of nitrogens with two attached hydrogens (primary N) is 1. The summed E-state index contributed by atoms with van der Waals surface area (Å²) >= 11 is 0. The van der Waals surface area contributed by atoms with Gasteiger partial charge < -0.3 is 4.74 Å². The minimum Gasteiger partial charge on any atom is -0.376 e. The van der Waals surface area contributed by atoms with Gasteiger partial charge in [0, 0.05) is 24.9 Å². The van der Waals surface area contributed by atoms with Gasteiger partial charge in [0.1, 0.15) is 0 Å². The molecule has 1 unspecified atom stereocenters. The van der Waals surface area contributed by atoms with Crippen LogP contribution in [0.2, 0.25) is 0 Å². The quantitative estimate of drug-likeness (QED) is 0.663. The first-order chi connectivity index (χ1) is 9.80. The number of pyridine rings is 1. The molecule has 0 saturated heterocycles. The average molecular weight is 271 g/mol. The van der Waals surface area contributed by atoms with Gasteiger partial charge in [0.05, 0.1) is 11.6 Å². The number of hydrogen-bond acceptors (Lipinski definition) is 4. The fraction of sp³-hybridized carbons (Fsp3) is 0.438. The highest BCUT2D eigenvalue weighted by molar-refractivity contribution is 5.85. The molecule has 2 aromatic rings. The molecule has 1 aliphatic carbocycles. The Morgan fingerprint density at radius 1 is 1.25 bits per heavy atom. The number of hydrogen-bond donors (Lipinski definition) is 2. The first-order valence-electron chi connectivity index (χ1n) is 7.15. The molecule has 1 aliphatic rings. The number of rotatable bonds is 4. The van der Waals surface area contributed by atoms with E-state index in [1.54, 1.807) is 7.11 Å². The van der Waals surface area contributed by atoms with Gasteiger partial charge in [-0.15, -0.1) is 0 Å². The number of aromatic nitrogens is 1. The molecule has 0 bridgehead atoms. The number of hydrazine groups is 1. The minimum atomic E-state index is -0.222. The van der Waals surface area contributed by atoms with Crippen molar-refractivity contribution in [2.24, 2.45) is 5.84 Å². The zero-order valence-corrected chi connectivity index (χ0v) is 11.8. The highest BCUT2D eigenvalue weighted by Gasteiger charge is 2.42. The van der Waals surface area contributed by atoms with Gasteiger partial charge in [0.25, 0.3) is 0 Å². The summed E-state index contributed by atoms with van der Waals surface area (Å²) in [7, 11) is 1.79. The Morgan fingerprint density at radius 2 is 2.00 bits per heavy atom. The number of ether oxygens (including phenoxy) is 1. The van der Waals surface area contributed by atoms with Gasteiger partial charge in [0.2, 0.25) is 0 Å². The first kappa shape index (κ1) is 13.5. The number of benzene rings is 1. The molecular weight excluding hydrogens is 250 g/mol. The summed E-state index contributed by atoms with van der Waals surface area (Å²) in [5.41, 5.74) is 3.88. The van der Waals surface area contributed by atoms with Crippen LogP contribution in [0.15, 0.2) is 36.7 Å². The zero-order valence-electron chi connectivity index (χ0n) is 11.8. The molecule has 4 heteroatoms. The Labute approximate surface area is 119 Å². The van der Waals surface area contributed by atoms with Crippen LogP contribution in [-0.2, 0) is 4.74 Å². The Bertz CT molecular complexity index is 588. The van der Waals surface area contributed by atoms with Crippen LogP contribution in [0.4, 0.5) is 0 Å². The summed E-state index contributed by atoms with van der Waals surface area (Å²) in [5, 5.41) is 2.32. The van der Waals surface area contributed by atoms with E-state index in [2.05, 4.69) is 22.5 Å². The van der Waals surface area contributed by atoms with E-state index in [-0.39, 0.29) is 11.6 Å². The molecule has 0 amide bonds. The van der Waals surface area contributed by atoms with E-state index in [1.165, 1.54) is 18.2 Å². The summed E-state index contributed by atoms with van der Waals surface area (Å²) in [6.07, 6.45) is 8.23. The maximum absolute atomic E-state index is 5.88. The molecule has 106 valence electrons. The van der Waals surface area contributed by atoms with Crippen molar-refractivity contribution in [3.63, 3.8) is 0 Å². The van der Waals surface area contributed by atoms with Gasteiger partial charge >= 0.3 is 0 Å². The van der Waals surface area contributed by atoms with E-state index >= 15 is 0 Å². The van der Waals surface area contributed by atoms with E-state index < -0.39 is 0 Å². The van der Waals surface area contributed by atoms with Crippen LogP contribution in [-0.4, -0.2) is 17.7 Å². The molecule has 1 fully saturated rings. The van der Waals surface area contributed by atoms with Crippen molar-refractivity contribution in [3.8, 4) is 0 Å². The van der Waals surface area contributed by atoms with E-state index in [0.29, 0.717) is 0 Å². The Balaban J connectivity index is 2.12. The minimum absolute atomic E-state index is 0.0337. The van der Waals surface area contributed by atoms with Gasteiger partial charge in [-0.05, 0) is 23.8 Å². The smallest absolute Gasteiger partial charge is 0.0886 e. The van der Waals surface area contributed by atoms with Crippen molar-refractivity contribution in [1.29, 1.82) is 0 Å². The van der Waals surface area contributed by atoms with Gasteiger partial charge in [0.15, 0.2) is 0 Å². The fourth-order valence-electron chi connectivity index (χ4n) is 3.48. The maximum atomic E-state index is 5.88. The molecule has 0 spiro atoms. The van der Waals surface area contributed by atoms with E-state index in [1.807, 2.05) is 24.5 Å². The molecule has 0 aliphatic heterocycles. The number of fused-ring (bicyclic) bond motifs is 1. The molecule has 1 aromatic carbocycles. The second-order valence-electron chi connectivity index (χ2n) is 5.53. The lowest BCUT2D eigenvalue weighted by atomic mass is 9.86. The van der Waals surface area contributed by atoms with Gasteiger partial charge in [-0.3, -0.25) is 10.8 Å². The molecule has 1 saturated carbocycles. The normalized spacial score (nSPS) is 19.3. The monoisotopic (exact) mass is 271 g/mol. The lowest BCUT2D eigenvalue weighted by Gasteiger charge is -2.36. The Kier molecular flexibility index (Phi) is 3.70. The molecule has 1 aromatic heterocycles. The van der Waals surface area contributed by atoms with E-state index in [9.17, 15) is 0 Å². The molecule has 1 heterocycles. The Morgan fingerprint density at radius 3 is 2.70 bits per heavy atom. The predicted octanol–water partition coefficient (Wildman–Crippen LogP) is 2.70. The van der Waals surface area contributed by atoms with Crippen LogP contribution in [0, 0.1) is 0 Å². The summed E-state index contributed by atoms with van der Waals surface area (Å²) < 4.78 is 5.88. The lowest BCUT2D eigenvalue weighted by Crippen LogP contribution is -2.46. The Hall–Kier alpha value is -1.49. The molecule has 20 heavy (non-hydrogen) atoms. The third-order valence-electron chi connectivity index (χ3n) is 4.56. The standard InChI is InChI=1S/C16H21N3O/c1-20-16(8-4-5-9-16)15(19-17)14-11-18-10-12-6-2-3-7-13(12)14/h2-3,6-7,10-11,15,19H,4-5,8-9,17H2,1H3. The van der Waals surface area contributed by atoms with Crippen LogP contribution >= 0.6 is 0 Å². The first-order valence-corrected chi connectivity index (χ1v) is 7.15. The second kappa shape index (κ2) is 5.48. The fourth-order valence-corrected chi connectivity index (χ4v) is 3.48. The molecular formula is C16H21N3O. The van der Waals surface area contributed by atoms with Crippen molar-refractivity contribution in [3.05, 3.63) is 42.2 Å². The van der Waals surface area contributed by atoms with Crippen LogP contribution in [0.3, 0.4) is 0 Å². The predicted molar refractivity (Wildman–Crippen MR) is 80.0 cm³/mol. The summed E-state index contributed by atoms with van der Waals surface area (Å²) in [5.74, 6) is 5.88. The van der Waals surface area contributed by atoms with Crippen LogP contribution in [0.25, 0.3) is 10.8 Å². The largest absolute Gasteiger partial charge is 0.376 e. The number of nitrogens with one attached hydrogen (secondary N) is 1. The van der Waals surface area contributed by atoms with Crippen LogP contribution in [0.1, 0.15) is 37.3 Å². The van der Waals surface area contributed by atoms with Gasteiger partial charge in [-0.2, -0.15) is 0 Å². The second-order valence-corrected chi connectivity index (χ2v) is 5.53. The molecule has 3 rings (SSSR count). The maximum Gasteiger partial charge on any atom is 0.0886 e. The number of methoxy groups -OCH3 is 1. The third kappa shape index (κ3) is 2.10. The van der Waals surface area contributed by atoms with Crippen molar-refractivity contribution in [2.75, 3.05) is 7.11 Å². The SMILES string of the molecule is COC1(C(NN)c2cncc3ccccc23)CCCC1. The lowest BCUT2D eigenvalue weighted by molar-refractivity contribution is -0.0365. The molecule has 0 radical (unpaired) electrons. The number of nitrogens with zero attached hydrogens (tertiary/aromatic N) is 1. The summed E-state index contributed by atoms with van der Waals surface area (Å²) in [4.78, 5) is 4.37. The van der Waals surface area contributed by atoms with Crippen molar-refractivity contribution in [2.45, 2.75) is 37.3 Å². The van der Waals surface area contributed by atoms with Gasteiger partial charge in [-0.1, -0.05) is 37.1 Å². The van der Waals surface area contributed by atoms with Crippen LogP contribution in [0.5, 0.6) is 0 Å². The topological polar surface area (TPSA) is 60.2 Å². The molecule has 4 nitrogen and oxygen atoms in total. The van der Waals surface area contributed by atoms with Crippen molar-refractivity contribution < 1.29 is 4.74 Å². The summed E-state index contributed by atoms with van der Waals surface area (Å²) in [6.45, 7) is 0. The highest BCUT2D eigenvalue weighted by atomic mass is 16.5. The average Bonchev–Trinajstić information content (AvgIpc) is 2.98. The highest BCUT2D eigenvalue weighted by Crippen LogP contribution is 2.43. The van der Waals surface area contributed by atoms with Gasteiger partial charge in [-0.25, -0.2) is 5.43 Å².